The maximum absolute atomic E-state index is 12.2. The number of oxime groups is 1. The van der Waals surface area contributed by atoms with Gasteiger partial charge in [-0.2, -0.15) is 0 Å². The first-order chi connectivity index (χ1) is 11.4. The molecule has 1 fully saturated rings. The molecule has 24 heavy (non-hydrogen) atoms. The topological polar surface area (TPSA) is 158 Å². The van der Waals surface area contributed by atoms with E-state index in [1.165, 1.54) is 23.2 Å². The van der Waals surface area contributed by atoms with Gasteiger partial charge in [0, 0.05) is 11.1 Å². The van der Waals surface area contributed by atoms with Gasteiger partial charge >= 0.3 is 5.97 Å². The number of nitrogens with one attached hydrogen (secondary N) is 1. The summed E-state index contributed by atoms with van der Waals surface area (Å²) in [6.07, 6.45) is 1.44. The van der Waals surface area contributed by atoms with Crippen molar-refractivity contribution in [1.29, 1.82) is 0 Å². The zero-order chi connectivity index (χ0) is 17.4. The summed E-state index contributed by atoms with van der Waals surface area (Å²) in [5, 5.41) is 24.6. The number of carboxylic acid groups (broad SMARTS) is 1. The van der Waals surface area contributed by atoms with Crippen molar-refractivity contribution in [2.45, 2.75) is 11.4 Å². The van der Waals surface area contributed by atoms with Gasteiger partial charge in [0.2, 0.25) is 0 Å². The molecule has 3 heterocycles. The number of rotatable bonds is 4. The van der Waals surface area contributed by atoms with E-state index in [1.807, 2.05) is 0 Å². The summed E-state index contributed by atoms with van der Waals surface area (Å²) in [5.74, 6) is -2.13. The van der Waals surface area contributed by atoms with Crippen molar-refractivity contribution in [3.05, 3.63) is 22.8 Å². The van der Waals surface area contributed by atoms with Crippen LogP contribution >= 0.6 is 23.1 Å². The maximum Gasteiger partial charge on any atom is 0.352 e. The summed E-state index contributed by atoms with van der Waals surface area (Å²) in [7, 11) is 0. The molecule has 1 aromatic heterocycles. The Balaban J connectivity index is 1.73. The summed E-state index contributed by atoms with van der Waals surface area (Å²) >= 11 is 2.39. The molecule has 0 aromatic carbocycles. The lowest BCUT2D eigenvalue weighted by molar-refractivity contribution is -0.150. The minimum absolute atomic E-state index is 0.0866. The predicted octanol–water partition coefficient (Wildman–Crippen LogP) is -0.728. The molecular formula is C12H11N5O5S2. The molecule has 1 unspecified atom stereocenters. The number of amides is 2. The van der Waals surface area contributed by atoms with E-state index in [-0.39, 0.29) is 22.2 Å². The lowest BCUT2D eigenvalue weighted by Crippen LogP contribution is -2.70. The minimum Gasteiger partial charge on any atom is -0.477 e. The number of fused-ring (bicyclic) bond motifs is 1. The van der Waals surface area contributed by atoms with Gasteiger partial charge in [0.25, 0.3) is 11.8 Å². The van der Waals surface area contributed by atoms with Gasteiger partial charge in [-0.1, -0.05) is 5.16 Å². The van der Waals surface area contributed by atoms with Crippen molar-refractivity contribution in [1.82, 2.24) is 15.2 Å². The molecule has 2 aliphatic heterocycles. The van der Waals surface area contributed by atoms with E-state index in [9.17, 15) is 14.4 Å². The Hall–Kier alpha value is -2.60. The SMILES string of the molecule is Nc1nc(/C(=N/O)C(=O)NC2C(=O)N3C(C(=O)O)=CCS[C@H]23)cs1. The zero-order valence-corrected chi connectivity index (χ0v) is 13.5. The first-order valence-electron chi connectivity index (χ1n) is 6.56. The third kappa shape index (κ3) is 2.59. The van der Waals surface area contributed by atoms with Crippen LogP contribution in [0.3, 0.4) is 0 Å². The number of β-lactam (4-membered cyclic amide) rings is 1. The Morgan fingerprint density at radius 2 is 2.25 bits per heavy atom. The van der Waals surface area contributed by atoms with Gasteiger partial charge in [0.1, 0.15) is 22.8 Å². The third-order valence-corrected chi connectivity index (χ3v) is 5.29. The average Bonchev–Trinajstić information content (AvgIpc) is 2.98. The van der Waals surface area contributed by atoms with Crippen molar-refractivity contribution in [3.63, 3.8) is 0 Å². The molecular weight excluding hydrogens is 358 g/mol. The second-order valence-corrected chi connectivity index (χ2v) is 6.84. The molecule has 0 saturated carbocycles. The monoisotopic (exact) mass is 369 g/mol. The van der Waals surface area contributed by atoms with Crippen molar-refractivity contribution < 1.29 is 24.7 Å². The molecule has 0 aliphatic carbocycles. The number of thiazole rings is 1. The molecule has 126 valence electrons. The van der Waals surface area contributed by atoms with Crippen LogP contribution in [0, 0.1) is 0 Å². The van der Waals surface area contributed by atoms with Crippen LogP contribution in [-0.4, -0.2) is 60.9 Å². The lowest BCUT2D eigenvalue weighted by Gasteiger charge is -2.48. The van der Waals surface area contributed by atoms with Crippen LogP contribution in [0.2, 0.25) is 0 Å². The predicted molar refractivity (Wildman–Crippen MR) is 85.6 cm³/mol. The van der Waals surface area contributed by atoms with Crippen molar-refractivity contribution in [2.24, 2.45) is 5.16 Å². The Morgan fingerprint density at radius 3 is 2.83 bits per heavy atom. The fourth-order valence-corrected chi connectivity index (χ4v) is 4.10. The van der Waals surface area contributed by atoms with Gasteiger partial charge in [0.05, 0.1) is 0 Å². The lowest BCUT2D eigenvalue weighted by atomic mass is 10.0. The van der Waals surface area contributed by atoms with Crippen LogP contribution in [0.4, 0.5) is 5.13 Å². The van der Waals surface area contributed by atoms with E-state index >= 15 is 0 Å². The Labute approximate surface area is 143 Å². The van der Waals surface area contributed by atoms with Gasteiger partial charge in [-0.15, -0.1) is 23.1 Å². The molecule has 2 amide bonds. The fourth-order valence-electron chi connectivity index (χ4n) is 2.36. The summed E-state index contributed by atoms with van der Waals surface area (Å²) in [5.41, 5.74) is 5.09. The zero-order valence-electron chi connectivity index (χ0n) is 11.9. The number of nitrogen functional groups attached to an aromatic ring is 1. The second kappa shape index (κ2) is 6.13. The van der Waals surface area contributed by atoms with Crippen LogP contribution in [0.5, 0.6) is 0 Å². The summed E-state index contributed by atoms with van der Waals surface area (Å²) < 4.78 is 0. The largest absolute Gasteiger partial charge is 0.477 e. The van der Waals surface area contributed by atoms with E-state index in [2.05, 4.69) is 15.5 Å². The van der Waals surface area contributed by atoms with Crippen molar-refractivity contribution in [2.75, 3.05) is 11.5 Å². The summed E-state index contributed by atoms with van der Waals surface area (Å²) in [4.78, 5) is 40.5. The third-order valence-electron chi connectivity index (χ3n) is 3.43. The smallest absolute Gasteiger partial charge is 0.352 e. The van der Waals surface area contributed by atoms with Gasteiger partial charge in [-0.05, 0) is 6.08 Å². The van der Waals surface area contributed by atoms with Crippen molar-refractivity contribution in [3.8, 4) is 0 Å². The number of hydrogen-bond acceptors (Lipinski definition) is 9. The van der Waals surface area contributed by atoms with Gasteiger partial charge in [-0.3, -0.25) is 14.5 Å². The number of carbonyl (C=O) groups excluding carboxylic acids is 2. The second-order valence-electron chi connectivity index (χ2n) is 4.80. The van der Waals surface area contributed by atoms with Crippen LogP contribution in [0.15, 0.2) is 22.3 Å². The molecule has 3 rings (SSSR count). The van der Waals surface area contributed by atoms with E-state index in [0.717, 1.165) is 16.2 Å². The van der Waals surface area contributed by atoms with E-state index in [1.54, 1.807) is 0 Å². The number of thioether (sulfide) groups is 1. The fraction of sp³-hybridized carbons (Fsp3) is 0.250. The number of aromatic nitrogens is 1. The molecule has 0 radical (unpaired) electrons. The maximum atomic E-state index is 12.2. The van der Waals surface area contributed by atoms with Gasteiger partial charge in [0.15, 0.2) is 10.8 Å². The highest BCUT2D eigenvalue weighted by molar-refractivity contribution is 8.00. The van der Waals surface area contributed by atoms with Crippen LogP contribution in [-0.2, 0) is 14.4 Å². The molecule has 0 bridgehead atoms. The highest BCUT2D eigenvalue weighted by Gasteiger charge is 2.53. The number of hydrogen-bond donors (Lipinski definition) is 4. The van der Waals surface area contributed by atoms with Crippen LogP contribution < -0.4 is 11.1 Å². The summed E-state index contributed by atoms with van der Waals surface area (Å²) in [6.45, 7) is 0. The number of nitrogens with two attached hydrogens (primary N) is 1. The summed E-state index contributed by atoms with van der Waals surface area (Å²) in [6, 6.07) is -0.904. The molecule has 10 nitrogen and oxygen atoms in total. The molecule has 1 aromatic rings. The van der Waals surface area contributed by atoms with Crippen molar-refractivity contribution >= 4 is 51.7 Å². The Morgan fingerprint density at radius 1 is 1.50 bits per heavy atom. The average molecular weight is 369 g/mol. The minimum atomic E-state index is -1.20. The Kier molecular flexibility index (Phi) is 4.15. The van der Waals surface area contributed by atoms with Crippen LogP contribution in [0.1, 0.15) is 5.69 Å². The number of aliphatic carboxylic acids is 1. The van der Waals surface area contributed by atoms with Crippen LogP contribution in [0.25, 0.3) is 0 Å². The standard InChI is InChI=1S/C12H11N5O5S2/c13-12-14-4(3-24-12)6(16-22)8(18)15-7-9(19)17-5(11(20)21)1-2-23-10(7)17/h1,3,7,10,22H,2H2,(H2,13,14)(H,15,18)(H,20,21)/b16-6-/t7?,10-/m1/s1. The van der Waals surface area contributed by atoms with E-state index < -0.39 is 29.2 Å². The molecule has 2 aliphatic rings. The molecule has 2 atom stereocenters. The number of carboxylic acids is 1. The quantitative estimate of drug-likeness (QED) is 0.234. The molecule has 1 saturated heterocycles. The number of carbonyl (C=O) groups is 3. The van der Waals surface area contributed by atoms with Gasteiger partial charge < -0.3 is 21.4 Å². The highest BCUT2D eigenvalue weighted by atomic mass is 32.2. The molecule has 5 N–H and O–H groups in total. The first-order valence-corrected chi connectivity index (χ1v) is 8.49. The highest BCUT2D eigenvalue weighted by Crippen LogP contribution is 2.37. The number of nitrogens with zero attached hydrogens (tertiary/aromatic N) is 3. The first kappa shape index (κ1) is 16.3. The Bertz CT molecular complexity index is 789. The molecule has 12 heteroatoms. The van der Waals surface area contributed by atoms with E-state index in [0.29, 0.717) is 5.75 Å². The number of anilines is 1. The van der Waals surface area contributed by atoms with Gasteiger partial charge in [-0.25, -0.2) is 9.78 Å². The van der Waals surface area contributed by atoms with E-state index in [4.69, 9.17) is 16.0 Å². The molecule has 0 spiro atoms. The normalized spacial score (nSPS) is 23.2.